The smallest absolute Gasteiger partial charge is 0.363 e. The van der Waals surface area contributed by atoms with Crippen molar-refractivity contribution in [1.82, 2.24) is 0 Å². The normalized spacial score (nSPS) is 14.6. The summed E-state index contributed by atoms with van der Waals surface area (Å²) in [5, 5.41) is -0.110. The van der Waals surface area contributed by atoms with E-state index in [4.69, 9.17) is 21.1 Å². The maximum atomic E-state index is 13.5. The molecular formula is C23H14ClF2NO3. The topological polar surface area (TPSA) is 47.9 Å². The van der Waals surface area contributed by atoms with E-state index in [9.17, 15) is 13.6 Å². The summed E-state index contributed by atoms with van der Waals surface area (Å²) in [5.74, 6) is -2.43. The van der Waals surface area contributed by atoms with Gasteiger partial charge in [0, 0.05) is 0 Å². The summed E-state index contributed by atoms with van der Waals surface area (Å²) in [6.45, 7) is 0.441. The van der Waals surface area contributed by atoms with Crippen molar-refractivity contribution >= 4 is 29.5 Å². The highest BCUT2D eigenvalue weighted by Crippen LogP contribution is 2.26. The van der Waals surface area contributed by atoms with E-state index in [1.54, 1.807) is 24.3 Å². The fraction of sp³-hybridized carbons (Fsp3) is 0.0435. The molecule has 4 nitrogen and oxygen atoms in total. The Hall–Kier alpha value is -3.51. The molecule has 3 aromatic rings. The van der Waals surface area contributed by atoms with Crippen molar-refractivity contribution < 1.29 is 23.0 Å². The van der Waals surface area contributed by atoms with Crippen LogP contribution in [0.3, 0.4) is 0 Å². The maximum Gasteiger partial charge on any atom is 0.363 e. The minimum absolute atomic E-state index is 0.00280. The molecule has 0 radical (unpaired) electrons. The van der Waals surface area contributed by atoms with Crippen LogP contribution in [0.1, 0.15) is 16.7 Å². The molecule has 0 fully saturated rings. The Morgan fingerprint density at radius 2 is 1.70 bits per heavy atom. The van der Waals surface area contributed by atoms with Crippen LogP contribution in [-0.4, -0.2) is 11.9 Å². The summed E-state index contributed by atoms with van der Waals surface area (Å²) in [7, 11) is 0. The fourth-order valence-electron chi connectivity index (χ4n) is 2.77. The lowest BCUT2D eigenvalue weighted by Crippen LogP contribution is -2.07. The van der Waals surface area contributed by atoms with Crippen molar-refractivity contribution in [2.75, 3.05) is 0 Å². The van der Waals surface area contributed by atoms with E-state index in [1.165, 1.54) is 6.08 Å². The first-order valence-corrected chi connectivity index (χ1v) is 9.31. The molecular weight excluding hydrogens is 412 g/mol. The number of ether oxygens (including phenoxy) is 2. The van der Waals surface area contributed by atoms with Gasteiger partial charge in [-0.15, -0.1) is 0 Å². The Morgan fingerprint density at radius 1 is 1.00 bits per heavy atom. The van der Waals surface area contributed by atoms with Gasteiger partial charge in [0.2, 0.25) is 5.90 Å². The van der Waals surface area contributed by atoms with E-state index < -0.39 is 17.6 Å². The second-order valence-electron chi connectivity index (χ2n) is 6.43. The Bertz CT molecular complexity index is 1160. The van der Waals surface area contributed by atoms with Crippen molar-refractivity contribution in [3.05, 3.63) is 106 Å². The van der Waals surface area contributed by atoms with Gasteiger partial charge in [-0.1, -0.05) is 54.1 Å². The van der Waals surface area contributed by atoms with Crippen LogP contribution >= 0.6 is 11.6 Å². The summed E-state index contributed by atoms with van der Waals surface area (Å²) in [6.07, 6.45) is 1.52. The average Bonchev–Trinajstić information content (AvgIpc) is 3.11. The highest BCUT2D eigenvalue weighted by atomic mass is 35.5. The number of benzene rings is 3. The lowest BCUT2D eigenvalue weighted by molar-refractivity contribution is -0.129. The number of cyclic esters (lactones) is 1. The van der Waals surface area contributed by atoms with Gasteiger partial charge in [-0.2, -0.15) is 0 Å². The Kier molecular flexibility index (Phi) is 5.59. The molecule has 0 N–H and O–H groups in total. The van der Waals surface area contributed by atoms with Crippen molar-refractivity contribution in [2.45, 2.75) is 6.61 Å². The first kappa shape index (κ1) is 19.8. The predicted molar refractivity (Wildman–Crippen MR) is 109 cm³/mol. The maximum absolute atomic E-state index is 13.5. The molecule has 1 heterocycles. The van der Waals surface area contributed by atoms with Gasteiger partial charge in [0.15, 0.2) is 17.3 Å². The molecule has 0 unspecified atom stereocenters. The number of carbonyl (C=O) groups is 1. The summed E-state index contributed by atoms with van der Waals surface area (Å²) in [4.78, 5) is 16.2. The van der Waals surface area contributed by atoms with Gasteiger partial charge < -0.3 is 9.47 Å². The van der Waals surface area contributed by atoms with Gasteiger partial charge in [0.25, 0.3) is 0 Å². The molecule has 0 amide bonds. The van der Waals surface area contributed by atoms with Gasteiger partial charge in [-0.05, 0) is 41.5 Å². The zero-order valence-corrected chi connectivity index (χ0v) is 16.2. The first-order valence-electron chi connectivity index (χ1n) is 8.94. The number of esters is 1. The van der Waals surface area contributed by atoms with Crippen LogP contribution in [0.4, 0.5) is 8.78 Å². The summed E-state index contributed by atoms with van der Waals surface area (Å²) in [6, 6.07) is 18.5. The molecule has 0 saturated heterocycles. The first-order chi connectivity index (χ1) is 14.5. The van der Waals surface area contributed by atoms with Gasteiger partial charge in [0.05, 0.1) is 10.6 Å². The predicted octanol–water partition coefficient (Wildman–Crippen LogP) is 5.54. The minimum Gasteiger partial charge on any atom is -0.489 e. The molecule has 0 spiro atoms. The largest absolute Gasteiger partial charge is 0.489 e. The molecule has 0 bridgehead atoms. The second kappa shape index (κ2) is 8.47. The number of hydrogen-bond donors (Lipinski definition) is 0. The molecule has 1 aliphatic rings. The molecule has 0 saturated carbocycles. The fourth-order valence-corrected chi connectivity index (χ4v) is 3.00. The van der Waals surface area contributed by atoms with E-state index in [0.717, 1.165) is 17.7 Å². The van der Waals surface area contributed by atoms with Crippen molar-refractivity contribution in [3.8, 4) is 5.75 Å². The standard InChI is InChI=1S/C23H14ClF2NO3/c24-18-12-20(26)19(25)11-17(18)22-27-21(23(28)30-22)10-14-6-8-16(9-7-14)29-13-15-4-2-1-3-5-15/h1-12H,13H2/b21-10-. The SMILES string of the molecule is O=C1OC(c2cc(F)c(F)cc2Cl)=N/C1=C\c1ccc(OCc2ccccc2)cc1. The van der Waals surface area contributed by atoms with E-state index >= 15 is 0 Å². The average molecular weight is 426 g/mol. The number of halogens is 3. The number of rotatable bonds is 5. The second-order valence-corrected chi connectivity index (χ2v) is 6.83. The molecule has 150 valence electrons. The summed E-state index contributed by atoms with van der Waals surface area (Å²) >= 11 is 5.92. The number of carbonyl (C=O) groups excluding carboxylic acids is 1. The van der Waals surface area contributed by atoms with Crippen molar-refractivity contribution in [3.63, 3.8) is 0 Å². The third-order valence-corrected chi connectivity index (χ3v) is 4.61. The number of hydrogen-bond acceptors (Lipinski definition) is 4. The van der Waals surface area contributed by atoms with E-state index in [2.05, 4.69) is 4.99 Å². The molecule has 7 heteroatoms. The van der Waals surface area contributed by atoms with Crippen molar-refractivity contribution in [1.29, 1.82) is 0 Å². The Balaban J connectivity index is 1.50. The quantitative estimate of drug-likeness (QED) is 0.306. The zero-order valence-electron chi connectivity index (χ0n) is 15.4. The van der Waals surface area contributed by atoms with E-state index in [0.29, 0.717) is 17.9 Å². The van der Waals surface area contributed by atoms with Crippen LogP contribution in [0, 0.1) is 11.6 Å². The lowest BCUT2D eigenvalue weighted by Gasteiger charge is -2.06. The lowest BCUT2D eigenvalue weighted by atomic mass is 10.2. The van der Waals surface area contributed by atoms with Crippen LogP contribution in [0.15, 0.2) is 77.4 Å². The Morgan fingerprint density at radius 3 is 2.43 bits per heavy atom. The number of aliphatic imine (C=N–C) groups is 1. The van der Waals surface area contributed by atoms with Gasteiger partial charge in [0.1, 0.15) is 12.4 Å². The monoisotopic (exact) mass is 425 g/mol. The zero-order chi connectivity index (χ0) is 21.1. The van der Waals surface area contributed by atoms with Crippen LogP contribution in [0.2, 0.25) is 5.02 Å². The van der Waals surface area contributed by atoms with Gasteiger partial charge in [-0.3, -0.25) is 0 Å². The highest BCUT2D eigenvalue weighted by molar-refractivity contribution is 6.34. The van der Waals surface area contributed by atoms with E-state index in [1.807, 2.05) is 30.3 Å². The molecule has 0 aliphatic carbocycles. The van der Waals surface area contributed by atoms with E-state index in [-0.39, 0.29) is 22.2 Å². The Labute approximate surface area is 176 Å². The number of nitrogens with zero attached hydrogens (tertiary/aromatic N) is 1. The molecule has 30 heavy (non-hydrogen) atoms. The van der Waals surface area contributed by atoms with Crippen molar-refractivity contribution in [2.24, 2.45) is 4.99 Å². The van der Waals surface area contributed by atoms with Gasteiger partial charge in [-0.25, -0.2) is 18.6 Å². The summed E-state index contributed by atoms with van der Waals surface area (Å²) < 4.78 is 37.5. The van der Waals surface area contributed by atoms with Crippen LogP contribution < -0.4 is 4.74 Å². The highest BCUT2D eigenvalue weighted by Gasteiger charge is 2.26. The third kappa shape index (κ3) is 4.39. The molecule has 1 aliphatic heterocycles. The third-order valence-electron chi connectivity index (χ3n) is 4.29. The van der Waals surface area contributed by atoms with Crippen LogP contribution in [0.25, 0.3) is 6.08 Å². The molecule has 0 atom stereocenters. The summed E-state index contributed by atoms with van der Waals surface area (Å²) in [5.41, 5.74) is 1.76. The molecule has 3 aromatic carbocycles. The van der Waals surface area contributed by atoms with Gasteiger partial charge >= 0.3 is 5.97 Å². The minimum atomic E-state index is -1.11. The van der Waals surface area contributed by atoms with Crippen LogP contribution in [0.5, 0.6) is 5.75 Å². The molecule has 0 aromatic heterocycles. The van der Waals surface area contributed by atoms with Crippen LogP contribution in [-0.2, 0) is 16.1 Å². The molecule has 4 rings (SSSR count).